The van der Waals surface area contributed by atoms with Gasteiger partial charge in [-0.1, -0.05) is 0 Å². The molecule has 1 aromatic rings. The maximum atomic E-state index is 8.45. The summed E-state index contributed by atoms with van der Waals surface area (Å²) >= 11 is 0. The second-order valence-corrected chi connectivity index (χ2v) is 2.03. The Morgan fingerprint density at radius 1 is 1.60 bits per heavy atom. The van der Waals surface area contributed by atoms with Gasteiger partial charge >= 0.3 is 0 Å². The van der Waals surface area contributed by atoms with E-state index in [9.17, 15) is 0 Å². The molecule has 0 radical (unpaired) electrons. The van der Waals surface area contributed by atoms with E-state index in [-0.39, 0.29) is 0 Å². The summed E-state index contributed by atoms with van der Waals surface area (Å²) in [6.07, 6.45) is 0. The highest BCUT2D eigenvalue weighted by Crippen LogP contribution is 2.04. The van der Waals surface area contributed by atoms with Gasteiger partial charge in [0.25, 0.3) is 0 Å². The van der Waals surface area contributed by atoms with Crippen molar-refractivity contribution in [3.05, 3.63) is 23.4 Å². The Morgan fingerprint density at radius 3 is 2.80 bits per heavy atom. The van der Waals surface area contributed by atoms with Crippen molar-refractivity contribution >= 4 is 5.82 Å². The van der Waals surface area contributed by atoms with Crippen LogP contribution in [0.4, 0.5) is 5.82 Å². The van der Waals surface area contributed by atoms with E-state index in [4.69, 9.17) is 11.0 Å². The molecule has 0 fully saturated rings. The first-order valence-corrected chi connectivity index (χ1v) is 2.86. The molecule has 3 nitrogen and oxygen atoms in total. The highest BCUT2D eigenvalue weighted by Gasteiger charge is 1.93. The van der Waals surface area contributed by atoms with Gasteiger partial charge in [0, 0.05) is 5.69 Å². The van der Waals surface area contributed by atoms with Crippen molar-refractivity contribution in [1.82, 2.24) is 4.98 Å². The summed E-state index contributed by atoms with van der Waals surface area (Å²) in [7, 11) is 0. The summed E-state index contributed by atoms with van der Waals surface area (Å²) in [5.41, 5.74) is 6.71. The molecule has 0 spiro atoms. The maximum absolute atomic E-state index is 8.45. The van der Waals surface area contributed by atoms with E-state index in [1.165, 1.54) is 0 Å². The molecule has 0 bridgehead atoms. The fourth-order valence-corrected chi connectivity index (χ4v) is 0.759. The maximum Gasteiger partial charge on any atom is 0.124 e. The van der Waals surface area contributed by atoms with Crippen molar-refractivity contribution in [2.45, 2.75) is 6.92 Å². The van der Waals surface area contributed by atoms with E-state index >= 15 is 0 Å². The number of rotatable bonds is 0. The Labute approximate surface area is 59.1 Å². The molecule has 0 atom stereocenters. The number of nitrogens with two attached hydrogens (primary N) is 1. The number of hydrogen-bond donors (Lipinski definition) is 1. The number of pyridine rings is 1. The lowest BCUT2D eigenvalue weighted by atomic mass is 10.2. The van der Waals surface area contributed by atoms with Crippen LogP contribution in [0, 0.1) is 18.3 Å². The predicted molar refractivity (Wildman–Crippen MR) is 38.1 cm³/mol. The quantitative estimate of drug-likeness (QED) is 0.570. The predicted octanol–water partition coefficient (Wildman–Crippen LogP) is 0.844. The summed E-state index contributed by atoms with van der Waals surface area (Å²) in [6, 6.07) is 5.23. The van der Waals surface area contributed by atoms with Crippen LogP contribution in [0.5, 0.6) is 0 Å². The lowest BCUT2D eigenvalue weighted by Crippen LogP contribution is -1.92. The van der Waals surface area contributed by atoms with Crippen molar-refractivity contribution in [1.29, 1.82) is 5.26 Å². The number of nitrogen functional groups attached to an aromatic ring is 1. The zero-order valence-electron chi connectivity index (χ0n) is 5.63. The molecular formula is C7H7N3. The van der Waals surface area contributed by atoms with Crippen LogP contribution in [-0.2, 0) is 0 Å². The molecule has 0 saturated carbocycles. The molecule has 0 aliphatic carbocycles. The lowest BCUT2D eigenvalue weighted by molar-refractivity contribution is 1.20. The Bertz CT molecular complexity index is 265. The van der Waals surface area contributed by atoms with Gasteiger partial charge in [0.05, 0.1) is 11.6 Å². The molecule has 0 aliphatic heterocycles. The molecule has 0 saturated heterocycles. The number of nitrogens with zero attached hydrogens (tertiary/aromatic N) is 2. The Balaban J connectivity index is 3.22. The third-order valence-electron chi connectivity index (χ3n) is 1.10. The summed E-state index contributed by atoms with van der Waals surface area (Å²) < 4.78 is 0. The molecule has 1 heterocycles. The average molecular weight is 133 g/mol. The number of hydrogen-bond acceptors (Lipinski definition) is 3. The van der Waals surface area contributed by atoms with Crippen LogP contribution in [0.3, 0.4) is 0 Å². The van der Waals surface area contributed by atoms with Gasteiger partial charge in [0.2, 0.25) is 0 Å². The van der Waals surface area contributed by atoms with Crippen molar-refractivity contribution in [3.8, 4) is 6.07 Å². The second kappa shape index (κ2) is 2.36. The van der Waals surface area contributed by atoms with E-state index in [0.29, 0.717) is 11.4 Å². The van der Waals surface area contributed by atoms with Crippen LogP contribution in [0.25, 0.3) is 0 Å². The normalized spacial score (nSPS) is 8.80. The average Bonchev–Trinajstić information content (AvgIpc) is 1.85. The molecule has 10 heavy (non-hydrogen) atoms. The van der Waals surface area contributed by atoms with Crippen molar-refractivity contribution in [3.63, 3.8) is 0 Å². The first-order valence-electron chi connectivity index (χ1n) is 2.86. The second-order valence-electron chi connectivity index (χ2n) is 2.03. The molecule has 3 heteroatoms. The standard InChI is InChI=1S/C7H7N3/c1-5-2-6(4-8)3-7(9)10-5/h2-3H,1H3,(H2,9,10). The monoisotopic (exact) mass is 133 g/mol. The zero-order valence-corrected chi connectivity index (χ0v) is 5.63. The third kappa shape index (κ3) is 1.23. The van der Waals surface area contributed by atoms with Gasteiger partial charge in [0.1, 0.15) is 5.82 Å². The molecule has 50 valence electrons. The van der Waals surface area contributed by atoms with Crippen LogP contribution >= 0.6 is 0 Å². The third-order valence-corrected chi connectivity index (χ3v) is 1.10. The van der Waals surface area contributed by atoms with Gasteiger partial charge in [-0.3, -0.25) is 0 Å². The van der Waals surface area contributed by atoms with E-state index < -0.39 is 0 Å². The number of anilines is 1. The molecule has 1 rings (SSSR count). The van der Waals surface area contributed by atoms with Gasteiger partial charge in [-0.2, -0.15) is 5.26 Å². The summed E-state index contributed by atoms with van der Waals surface area (Å²) in [5, 5.41) is 8.45. The Morgan fingerprint density at radius 2 is 2.30 bits per heavy atom. The molecule has 0 amide bonds. The minimum absolute atomic E-state index is 0.400. The molecule has 0 aromatic carbocycles. The van der Waals surface area contributed by atoms with Gasteiger partial charge in [-0.25, -0.2) is 4.98 Å². The summed E-state index contributed by atoms with van der Waals surface area (Å²) in [6.45, 7) is 1.80. The molecule has 2 N–H and O–H groups in total. The lowest BCUT2D eigenvalue weighted by Gasteiger charge is -1.94. The van der Waals surface area contributed by atoms with E-state index in [1.807, 2.05) is 6.07 Å². The summed E-state index contributed by atoms with van der Waals surface area (Å²) in [4.78, 5) is 3.91. The van der Waals surface area contributed by atoms with Crippen LogP contribution < -0.4 is 5.73 Å². The van der Waals surface area contributed by atoms with Crippen molar-refractivity contribution in [2.75, 3.05) is 5.73 Å². The first kappa shape index (κ1) is 6.56. The van der Waals surface area contributed by atoms with Crippen LogP contribution in [0.1, 0.15) is 11.3 Å². The fraction of sp³-hybridized carbons (Fsp3) is 0.143. The summed E-state index contributed by atoms with van der Waals surface area (Å²) in [5.74, 6) is 0.400. The topological polar surface area (TPSA) is 62.7 Å². The highest BCUT2D eigenvalue weighted by molar-refractivity contribution is 5.40. The van der Waals surface area contributed by atoms with Gasteiger partial charge in [-0.05, 0) is 19.1 Å². The Hall–Kier alpha value is -1.56. The Kier molecular flexibility index (Phi) is 1.55. The molecule has 0 unspecified atom stereocenters. The number of nitriles is 1. The SMILES string of the molecule is Cc1cc(C#N)cc(N)n1. The van der Waals surface area contributed by atoms with Crippen molar-refractivity contribution < 1.29 is 0 Å². The van der Waals surface area contributed by atoms with Crippen LogP contribution in [0.2, 0.25) is 0 Å². The largest absolute Gasteiger partial charge is 0.384 e. The zero-order chi connectivity index (χ0) is 7.56. The number of aryl methyl sites for hydroxylation is 1. The fourth-order valence-electron chi connectivity index (χ4n) is 0.759. The van der Waals surface area contributed by atoms with Gasteiger partial charge in [0.15, 0.2) is 0 Å². The van der Waals surface area contributed by atoms with Crippen molar-refractivity contribution in [2.24, 2.45) is 0 Å². The van der Waals surface area contributed by atoms with Gasteiger partial charge in [-0.15, -0.1) is 0 Å². The molecular weight excluding hydrogens is 126 g/mol. The number of aromatic nitrogens is 1. The van der Waals surface area contributed by atoms with Gasteiger partial charge < -0.3 is 5.73 Å². The molecule has 1 aromatic heterocycles. The van der Waals surface area contributed by atoms with E-state index in [0.717, 1.165) is 5.69 Å². The molecule has 0 aliphatic rings. The van der Waals surface area contributed by atoms with E-state index in [1.54, 1.807) is 19.1 Å². The first-order chi connectivity index (χ1) is 4.72. The minimum Gasteiger partial charge on any atom is -0.384 e. The highest BCUT2D eigenvalue weighted by atomic mass is 14.8. The van der Waals surface area contributed by atoms with Crippen LogP contribution in [-0.4, -0.2) is 4.98 Å². The minimum atomic E-state index is 0.400. The van der Waals surface area contributed by atoms with Crippen LogP contribution in [0.15, 0.2) is 12.1 Å². The smallest absolute Gasteiger partial charge is 0.124 e. The van der Waals surface area contributed by atoms with E-state index in [2.05, 4.69) is 4.98 Å².